The van der Waals surface area contributed by atoms with E-state index in [0.29, 0.717) is 0 Å². The summed E-state index contributed by atoms with van der Waals surface area (Å²) in [5.74, 6) is -2.66. The van der Waals surface area contributed by atoms with Gasteiger partial charge >= 0.3 is 12.1 Å². The Kier molecular flexibility index (Phi) is 8.65. The molecule has 0 aromatic heterocycles. The smallest absolute Gasteiger partial charge is 0.418 e. The van der Waals surface area contributed by atoms with Crippen LogP contribution in [0.5, 0.6) is 0 Å². The van der Waals surface area contributed by atoms with Gasteiger partial charge in [-0.1, -0.05) is 61.8 Å². The third kappa shape index (κ3) is 7.26. The molecule has 0 radical (unpaired) electrons. The van der Waals surface area contributed by atoms with Crippen LogP contribution in [-0.2, 0) is 31.7 Å². The third-order valence-electron chi connectivity index (χ3n) is 4.37. The summed E-state index contributed by atoms with van der Waals surface area (Å²) in [6.07, 6.45) is -4.69. The molecule has 2 aromatic rings. The van der Waals surface area contributed by atoms with Gasteiger partial charge in [0.25, 0.3) is 5.91 Å². The van der Waals surface area contributed by atoms with E-state index in [2.05, 4.69) is 5.32 Å². The topological polar surface area (TPSA) is 84.5 Å². The van der Waals surface area contributed by atoms with Crippen molar-refractivity contribution in [2.75, 3.05) is 11.9 Å². The Hall–Kier alpha value is -3.07. The number of alkyl halides is 3. The lowest BCUT2D eigenvalue weighted by molar-refractivity contribution is -0.151. The number of carbonyl (C=O) groups excluding carboxylic acids is 3. The second-order valence-corrected chi connectivity index (χ2v) is 7.67. The van der Waals surface area contributed by atoms with Gasteiger partial charge in [-0.2, -0.15) is 13.2 Å². The standard InChI is InChI=1S/C22H22ClF3N2O4/c1-13(2)19(27-17(29)11-14-7-4-3-5-8-14)21(31)32-12-18(30)28-20-15(22(24,25)26)9-6-10-16(20)23/h3-10,13,19H,11-12H2,1-2H3,(H,27,29)(H,28,30). The van der Waals surface area contributed by atoms with Crippen LogP contribution in [0.4, 0.5) is 18.9 Å². The first-order valence-corrected chi connectivity index (χ1v) is 10.0. The first-order chi connectivity index (χ1) is 15.0. The van der Waals surface area contributed by atoms with Crippen molar-refractivity contribution in [1.29, 1.82) is 0 Å². The highest BCUT2D eigenvalue weighted by molar-refractivity contribution is 6.34. The zero-order valence-electron chi connectivity index (χ0n) is 17.3. The second kappa shape index (κ2) is 11.0. The Morgan fingerprint density at radius 2 is 1.66 bits per heavy atom. The van der Waals surface area contributed by atoms with E-state index in [9.17, 15) is 27.6 Å². The first-order valence-electron chi connectivity index (χ1n) is 9.64. The maximum Gasteiger partial charge on any atom is 0.418 e. The maximum atomic E-state index is 13.1. The summed E-state index contributed by atoms with van der Waals surface area (Å²) in [7, 11) is 0. The minimum absolute atomic E-state index is 0.0462. The van der Waals surface area contributed by atoms with Crippen molar-refractivity contribution >= 4 is 35.1 Å². The molecule has 1 atom stereocenters. The quantitative estimate of drug-likeness (QED) is 0.566. The second-order valence-electron chi connectivity index (χ2n) is 7.27. The van der Waals surface area contributed by atoms with Crippen LogP contribution in [-0.4, -0.2) is 30.4 Å². The highest BCUT2D eigenvalue weighted by Crippen LogP contribution is 2.38. The fourth-order valence-corrected chi connectivity index (χ4v) is 3.01. The molecule has 1 unspecified atom stereocenters. The fraction of sp³-hybridized carbons (Fsp3) is 0.318. The van der Waals surface area contributed by atoms with Crippen LogP contribution >= 0.6 is 11.6 Å². The van der Waals surface area contributed by atoms with E-state index in [1.807, 2.05) is 5.32 Å². The van der Waals surface area contributed by atoms with Gasteiger partial charge in [-0.3, -0.25) is 9.59 Å². The van der Waals surface area contributed by atoms with Gasteiger partial charge in [0.1, 0.15) is 6.04 Å². The van der Waals surface area contributed by atoms with E-state index in [1.54, 1.807) is 44.2 Å². The zero-order valence-corrected chi connectivity index (χ0v) is 18.1. The van der Waals surface area contributed by atoms with Gasteiger partial charge in [0.2, 0.25) is 5.91 Å². The molecular formula is C22H22ClF3N2O4. The SMILES string of the molecule is CC(C)C(NC(=O)Cc1ccccc1)C(=O)OCC(=O)Nc1c(Cl)cccc1C(F)(F)F. The molecule has 2 rings (SSSR count). The monoisotopic (exact) mass is 470 g/mol. The van der Waals surface area contributed by atoms with Crippen molar-refractivity contribution in [3.8, 4) is 0 Å². The van der Waals surface area contributed by atoms with E-state index in [4.69, 9.17) is 16.3 Å². The number of rotatable bonds is 8. The number of hydrogen-bond acceptors (Lipinski definition) is 4. The number of esters is 1. The molecule has 0 saturated heterocycles. The van der Waals surface area contributed by atoms with Crippen molar-refractivity contribution in [2.24, 2.45) is 5.92 Å². The van der Waals surface area contributed by atoms with Crippen LogP contribution in [0.2, 0.25) is 5.02 Å². The summed E-state index contributed by atoms with van der Waals surface area (Å²) in [5, 5.41) is 4.28. The lowest BCUT2D eigenvalue weighted by Gasteiger charge is -2.21. The Morgan fingerprint density at radius 1 is 1.00 bits per heavy atom. The molecule has 0 aliphatic carbocycles. The molecule has 0 spiro atoms. The number of carbonyl (C=O) groups is 3. The van der Waals surface area contributed by atoms with Crippen LogP contribution in [0.3, 0.4) is 0 Å². The summed E-state index contributed by atoms with van der Waals surface area (Å²) < 4.78 is 44.3. The van der Waals surface area contributed by atoms with Crippen LogP contribution in [0, 0.1) is 5.92 Å². The Balaban J connectivity index is 1.97. The molecule has 0 saturated carbocycles. The van der Waals surface area contributed by atoms with Gasteiger partial charge in [0, 0.05) is 0 Å². The molecule has 32 heavy (non-hydrogen) atoms. The van der Waals surface area contributed by atoms with Gasteiger partial charge in [0.15, 0.2) is 6.61 Å². The normalized spacial score (nSPS) is 12.2. The van der Waals surface area contributed by atoms with E-state index in [1.165, 1.54) is 6.07 Å². The predicted molar refractivity (Wildman–Crippen MR) is 113 cm³/mol. The molecule has 2 aromatic carbocycles. The number of nitrogens with one attached hydrogen (secondary N) is 2. The third-order valence-corrected chi connectivity index (χ3v) is 4.69. The van der Waals surface area contributed by atoms with Gasteiger partial charge in [-0.15, -0.1) is 0 Å². The number of amides is 2. The largest absolute Gasteiger partial charge is 0.454 e. The van der Waals surface area contributed by atoms with Gasteiger partial charge in [-0.25, -0.2) is 4.79 Å². The Bertz CT molecular complexity index is 965. The average Bonchev–Trinajstić information content (AvgIpc) is 2.71. The molecular weight excluding hydrogens is 449 g/mol. The summed E-state index contributed by atoms with van der Waals surface area (Å²) >= 11 is 5.79. The van der Waals surface area contributed by atoms with Gasteiger partial charge < -0.3 is 15.4 Å². The zero-order chi connectivity index (χ0) is 23.9. The molecule has 0 aliphatic heterocycles. The summed E-state index contributed by atoms with van der Waals surface area (Å²) in [6.45, 7) is 2.50. The molecule has 0 bridgehead atoms. The van der Waals surface area contributed by atoms with Crippen LogP contribution < -0.4 is 10.6 Å². The van der Waals surface area contributed by atoms with Crippen LogP contribution in [0.15, 0.2) is 48.5 Å². The van der Waals surface area contributed by atoms with Crippen molar-refractivity contribution < 1.29 is 32.3 Å². The number of para-hydroxylation sites is 1. The van der Waals surface area contributed by atoms with E-state index < -0.39 is 47.9 Å². The molecule has 6 nitrogen and oxygen atoms in total. The summed E-state index contributed by atoms with van der Waals surface area (Å²) in [6, 6.07) is 10.9. The minimum atomic E-state index is -4.74. The van der Waals surface area contributed by atoms with E-state index in [-0.39, 0.29) is 17.4 Å². The highest BCUT2D eigenvalue weighted by Gasteiger charge is 2.35. The van der Waals surface area contributed by atoms with Crippen molar-refractivity contribution in [3.63, 3.8) is 0 Å². The van der Waals surface area contributed by atoms with Crippen molar-refractivity contribution in [1.82, 2.24) is 5.32 Å². The number of hydrogen-bond donors (Lipinski definition) is 2. The molecule has 2 N–H and O–H groups in total. The summed E-state index contributed by atoms with van der Waals surface area (Å²) in [5.41, 5.74) is -1.00. The minimum Gasteiger partial charge on any atom is -0.454 e. The average molecular weight is 471 g/mol. The van der Waals surface area contributed by atoms with Crippen LogP contribution in [0.1, 0.15) is 25.0 Å². The molecule has 0 fully saturated rings. The first kappa shape index (κ1) is 25.2. The molecule has 0 aliphatic rings. The van der Waals surface area contributed by atoms with Crippen molar-refractivity contribution in [2.45, 2.75) is 32.5 Å². The lowest BCUT2D eigenvalue weighted by atomic mass is 10.0. The van der Waals surface area contributed by atoms with Crippen molar-refractivity contribution in [3.05, 3.63) is 64.7 Å². The number of benzene rings is 2. The Labute approximate surface area is 188 Å². The van der Waals surface area contributed by atoms with E-state index in [0.717, 1.165) is 17.7 Å². The number of halogens is 4. The van der Waals surface area contributed by atoms with E-state index >= 15 is 0 Å². The molecule has 172 valence electrons. The Morgan fingerprint density at radius 3 is 2.25 bits per heavy atom. The molecule has 0 heterocycles. The predicted octanol–water partition coefficient (Wildman–Crippen LogP) is 4.22. The maximum absolute atomic E-state index is 13.1. The molecule has 2 amide bonds. The van der Waals surface area contributed by atoms with Gasteiger partial charge in [0.05, 0.1) is 22.7 Å². The fourth-order valence-electron chi connectivity index (χ4n) is 2.79. The summed E-state index contributed by atoms with van der Waals surface area (Å²) in [4.78, 5) is 36.8. The number of ether oxygens (including phenoxy) is 1. The lowest BCUT2D eigenvalue weighted by Crippen LogP contribution is -2.46. The molecule has 10 heteroatoms. The highest BCUT2D eigenvalue weighted by atomic mass is 35.5. The van der Waals surface area contributed by atoms with Gasteiger partial charge in [-0.05, 0) is 23.6 Å². The van der Waals surface area contributed by atoms with Crippen LogP contribution in [0.25, 0.3) is 0 Å². The number of anilines is 1.